The van der Waals surface area contributed by atoms with Crippen LogP contribution in [0.4, 0.5) is 0 Å². The Morgan fingerprint density at radius 3 is 2.70 bits per heavy atom. The lowest BCUT2D eigenvalue weighted by Gasteiger charge is -2.20. The van der Waals surface area contributed by atoms with E-state index >= 15 is 0 Å². The van der Waals surface area contributed by atoms with Gasteiger partial charge in [0.25, 0.3) is 0 Å². The summed E-state index contributed by atoms with van der Waals surface area (Å²) in [6, 6.07) is 7.51. The van der Waals surface area contributed by atoms with E-state index in [-0.39, 0.29) is 24.3 Å². The normalized spacial score (nSPS) is 20.5. The molecule has 0 radical (unpaired) electrons. The molecule has 1 amide bonds. The molecule has 4 nitrogen and oxygen atoms in total. The van der Waals surface area contributed by atoms with E-state index in [0.717, 1.165) is 18.4 Å². The fourth-order valence-electron chi connectivity index (χ4n) is 2.52. The van der Waals surface area contributed by atoms with Gasteiger partial charge in [-0.1, -0.05) is 36.7 Å². The topological polar surface area (TPSA) is 57.6 Å². The Bertz CT molecular complexity index is 518. The molecule has 20 heavy (non-hydrogen) atoms. The Hall–Kier alpha value is -1.55. The van der Waals surface area contributed by atoms with Gasteiger partial charge in [0.05, 0.1) is 0 Å². The molecule has 0 aliphatic heterocycles. The van der Waals surface area contributed by atoms with E-state index < -0.39 is 5.97 Å². The van der Waals surface area contributed by atoms with Crippen LogP contribution in [0.2, 0.25) is 5.02 Å². The highest BCUT2D eigenvalue weighted by molar-refractivity contribution is 6.31. The van der Waals surface area contributed by atoms with E-state index in [1.807, 2.05) is 31.2 Å². The van der Waals surface area contributed by atoms with Gasteiger partial charge in [0.2, 0.25) is 5.91 Å². The quantitative estimate of drug-likeness (QED) is 0.878. The molecule has 108 valence electrons. The van der Waals surface area contributed by atoms with Crippen molar-refractivity contribution < 1.29 is 14.7 Å². The summed E-state index contributed by atoms with van der Waals surface area (Å²) in [4.78, 5) is 24.6. The molecule has 2 rings (SSSR count). The molecule has 1 saturated carbocycles. The summed E-state index contributed by atoms with van der Waals surface area (Å²) in [5.41, 5.74) is 0.985. The van der Waals surface area contributed by atoms with E-state index in [4.69, 9.17) is 16.7 Å². The van der Waals surface area contributed by atoms with Crippen LogP contribution >= 0.6 is 11.6 Å². The first-order valence-electron chi connectivity index (χ1n) is 6.79. The Morgan fingerprint density at radius 2 is 2.10 bits per heavy atom. The zero-order chi connectivity index (χ0) is 14.7. The molecular weight excluding hydrogens is 278 g/mol. The first-order chi connectivity index (χ1) is 9.54. The van der Waals surface area contributed by atoms with Gasteiger partial charge in [0.15, 0.2) is 0 Å². The Morgan fingerprint density at radius 1 is 1.40 bits per heavy atom. The zero-order valence-corrected chi connectivity index (χ0v) is 12.1. The van der Waals surface area contributed by atoms with Gasteiger partial charge in [0, 0.05) is 17.5 Å². The van der Waals surface area contributed by atoms with Gasteiger partial charge in [0.1, 0.15) is 6.54 Å². The Kier molecular flexibility index (Phi) is 4.65. The maximum absolute atomic E-state index is 12.3. The molecule has 2 atom stereocenters. The number of benzene rings is 1. The van der Waals surface area contributed by atoms with Crippen LogP contribution < -0.4 is 0 Å². The van der Waals surface area contributed by atoms with Crippen LogP contribution in [0.3, 0.4) is 0 Å². The minimum atomic E-state index is -0.971. The van der Waals surface area contributed by atoms with Crippen molar-refractivity contribution in [3.63, 3.8) is 0 Å². The monoisotopic (exact) mass is 295 g/mol. The Balaban J connectivity index is 2.04. The van der Waals surface area contributed by atoms with Crippen molar-refractivity contribution in [1.82, 2.24) is 4.90 Å². The van der Waals surface area contributed by atoms with E-state index in [1.54, 1.807) is 0 Å². The maximum Gasteiger partial charge on any atom is 0.323 e. The van der Waals surface area contributed by atoms with Crippen LogP contribution in [0.1, 0.15) is 31.2 Å². The minimum Gasteiger partial charge on any atom is -0.480 e. The second kappa shape index (κ2) is 6.27. The first kappa shape index (κ1) is 14.9. The third kappa shape index (κ3) is 3.31. The number of hydrogen-bond donors (Lipinski definition) is 1. The number of carbonyl (C=O) groups excluding carboxylic acids is 1. The molecular formula is C15H18ClNO3. The van der Waals surface area contributed by atoms with Crippen LogP contribution in [0, 0.1) is 5.92 Å². The van der Waals surface area contributed by atoms with Crippen molar-refractivity contribution in [2.24, 2.45) is 5.92 Å². The molecule has 1 fully saturated rings. The summed E-state index contributed by atoms with van der Waals surface area (Å²) >= 11 is 6.14. The zero-order valence-electron chi connectivity index (χ0n) is 11.4. The van der Waals surface area contributed by atoms with Gasteiger partial charge >= 0.3 is 5.97 Å². The van der Waals surface area contributed by atoms with E-state index in [1.165, 1.54) is 4.90 Å². The van der Waals surface area contributed by atoms with Crippen LogP contribution in [-0.4, -0.2) is 35.0 Å². The Labute approximate surface area is 123 Å². The average Bonchev–Trinajstić information content (AvgIpc) is 3.17. The summed E-state index contributed by atoms with van der Waals surface area (Å²) in [6.45, 7) is 2.19. The molecule has 1 aliphatic carbocycles. The molecule has 1 aromatic rings. The number of aliphatic carboxylic acids is 1. The highest BCUT2D eigenvalue weighted by Crippen LogP contribution is 2.50. The molecule has 0 heterocycles. The summed E-state index contributed by atoms with van der Waals surface area (Å²) in [5.74, 6) is -1.04. The van der Waals surface area contributed by atoms with Gasteiger partial charge in [-0.2, -0.15) is 0 Å². The van der Waals surface area contributed by atoms with Crippen molar-refractivity contribution in [3.8, 4) is 0 Å². The van der Waals surface area contributed by atoms with E-state index in [9.17, 15) is 9.59 Å². The predicted octanol–water partition coefficient (Wildman–Crippen LogP) is 2.77. The molecule has 0 saturated heterocycles. The highest BCUT2D eigenvalue weighted by Gasteiger charge is 2.46. The number of rotatable bonds is 6. The predicted molar refractivity (Wildman–Crippen MR) is 76.8 cm³/mol. The molecule has 1 N–H and O–H groups in total. The second-order valence-electron chi connectivity index (χ2n) is 5.12. The van der Waals surface area contributed by atoms with Gasteiger partial charge in [-0.05, 0) is 30.4 Å². The molecule has 2 unspecified atom stereocenters. The van der Waals surface area contributed by atoms with E-state index in [2.05, 4.69) is 0 Å². The summed E-state index contributed by atoms with van der Waals surface area (Å²) < 4.78 is 0. The van der Waals surface area contributed by atoms with Crippen LogP contribution in [0.5, 0.6) is 0 Å². The third-order valence-electron chi connectivity index (χ3n) is 3.54. The lowest BCUT2D eigenvalue weighted by Crippen LogP contribution is -2.37. The van der Waals surface area contributed by atoms with Crippen LogP contribution in [0.25, 0.3) is 0 Å². The molecule has 1 aliphatic rings. The molecule has 0 spiro atoms. The van der Waals surface area contributed by atoms with Crippen molar-refractivity contribution in [2.75, 3.05) is 13.1 Å². The highest BCUT2D eigenvalue weighted by atomic mass is 35.5. The summed E-state index contributed by atoms with van der Waals surface area (Å²) in [7, 11) is 0. The van der Waals surface area contributed by atoms with Gasteiger partial charge in [-0.15, -0.1) is 0 Å². The number of amides is 1. The van der Waals surface area contributed by atoms with Crippen molar-refractivity contribution >= 4 is 23.5 Å². The lowest BCUT2D eigenvalue weighted by atomic mass is 10.1. The average molecular weight is 296 g/mol. The third-order valence-corrected chi connectivity index (χ3v) is 3.89. The number of halogens is 1. The smallest absolute Gasteiger partial charge is 0.323 e. The number of carboxylic acids is 1. The van der Waals surface area contributed by atoms with Crippen molar-refractivity contribution in [1.29, 1.82) is 0 Å². The minimum absolute atomic E-state index is 0.0702. The van der Waals surface area contributed by atoms with Crippen LogP contribution in [0.15, 0.2) is 24.3 Å². The summed E-state index contributed by atoms with van der Waals surface area (Å²) in [6.07, 6.45) is 1.50. The second-order valence-corrected chi connectivity index (χ2v) is 5.53. The SMILES string of the molecule is CCCN(CC(=O)O)C(=O)C1CC1c1ccccc1Cl. The van der Waals surface area contributed by atoms with Gasteiger partial charge in [-0.25, -0.2) is 0 Å². The summed E-state index contributed by atoms with van der Waals surface area (Å²) in [5, 5.41) is 9.55. The molecule has 1 aromatic carbocycles. The number of carboxylic acid groups (broad SMARTS) is 1. The maximum atomic E-state index is 12.3. The van der Waals surface area contributed by atoms with E-state index in [0.29, 0.717) is 11.6 Å². The number of hydrogen-bond acceptors (Lipinski definition) is 2. The van der Waals surface area contributed by atoms with Crippen molar-refractivity contribution in [2.45, 2.75) is 25.7 Å². The van der Waals surface area contributed by atoms with Gasteiger partial charge < -0.3 is 10.0 Å². The first-order valence-corrected chi connectivity index (χ1v) is 7.17. The number of nitrogens with zero attached hydrogens (tertiary/aromatic N) is 1. The molecule has 0 bridgehead atoms. The number of carbonyl (C=O) groups is 2. The molecule has 5 heteroatoms. The fourth-order valence-corrected chi connectivity index (χ4v) is 2.80. The lowest BCUT2D eigenvalue weighted by molar-refractivity contribution is -0.145. The largest absolute Gasteiger partial charge is 0.480 e. The van der Waals surface area contributed by atoms with Crippen molar-refractivity contribution in [3.05, 3.63) is 34.9 Å². The standard InChI is InChI=1S/C15H18ClNO3/c1-2-7-17(9-14(18)19)15(20)12-8-11(12)10-5-3-4-6-13(10)16/h3-6,11-12H,2,7-9H2,1H3,(H,18,19). The molecule has 0 aromatic heterocycles. The fraction of sp³-hybridized carbons (Fsp3) is 0.467. The van der Waals surface area contributed by atoms with Gasteiger partial charge in [-0.3, -0.25) is 9.59 Å². The van der Waals surface area contributed by atoms with Crippen LogP contribution in [-0.2, 0) is 9.59 Å².